The van der Waals surface area contributed by atoms with E-state index < -0.39 is 0 Å². The molecule has 1 unspecified atom stereocenters. The van der Waals surface area contributed by atoms with Gasteiger partial charge < -0.3 is 15.0 Å². The normalized spacial score (nSPS) is 20.8. The van der Waals surface area contributed by atoms with Gasteiger partial charge in [0, 0.05) is 24.7 Å². The van der Waals surface area contributed by atoms with E-state index in [1.807, 2.05) is 43.0 Å². The molecular weight excluding hydrogens is 240 g/mol. The molecule has 1 aromatic rings. The lowest BCUT2D eigenvalue weighted by Crippen LogP contribution is -2.43. The van der Waals surface area contributed by atoms with Crippen molar-refractivity contribution in [2.24, 2.45) is 5.92 Å². The van der Waals surface area contributed by atoms with Gasteiger partial charge in [-0.3, -0.25) is 4.79 Å². The van der Waals surface area contributed by atoms with Crippen LogP contribution in [0.5, 0.6) is 5.75 Å². The largest absolute Gasteiger partial charge is 0.494 e. The summed E-state index contributed by atoms with van der Waals surface area (Å²) in [5.74, 6) is 1.06. The number of benzene rings is 1. The van der Waals surface area contributed by atoms with Gasteiger partial charge >= 0.3 is 0 Å². The summed E-state index contributed by atoms with van der Waals surface area (Å²) in [7, 11) is 0. The van der Waals surface area contributed by atoms with Crippen molar-refractivity contribution in [1.82, 2.24) is 5.32 Å². The molecule has 0 saturated carbocycles. The lowest BCUT2D eigenvalue weighted by molar-refractivity contribution is -0.122. The highest BCUT2D eigenvalue weighted by molar-refractivity contribution is 5.95. The average molecular weight is 262 g/mol. The third-order valence-corrected chi connectivity index (χ3v) is 3.33. The topological polar surface area (TPSA) is 41.6 Å². The van der Waals surface area contributed by atoms with Crippen LogP contribution in [0.1, 0.15) is 20.3 Å². The summed E-state index contributed by atoms with van der Waals surface area (Å²) in [6.45, 7) is 7.08. The summed E-state index contributed by atoms with van der Waals surface area (Å²) in [5, 5.41) is 3.30. The number of hydrogen-bond donors (Lipinski definition) is 1. The molecule has 1 fully saturated rings. The van der Waals surface area contributed by atoms with Gasteiger partial charge in [-0.1, -0.05) is 6.92 Å². The molecule has 0 spiro atoms. The van der Waals surface area contributed by atoms with E-state index in [0.717, 1.165) is 37.5 Å². The molecule has 1 amide bonds. The zero-order valence-electron chi connectivity index (χ0n) is 11.7. The van der Waals surface area contributed by atoms with Crippen molar-refractivity contribution >= 4 is 11.6 Å². The molecule has 1 saturated heterocycles. The molecule has 1 heterocycles. The first-order valence-electron chi connectivity index (χ1n) is 6.97. The van der Waals surface area contributed by atoms with E-state index >= 15 is 0 Å². The van der Waals surface area contributed by atoms with Gasteiger partial charge in [-0.2, -0.15) is 0 Å². The molecule has 4 nitrogen and oxygen atoms in total. The van der Waals surface area contributed by atoms with Crippen LogP contribution >= 0.6 is 0 Å². The highest BCUT2D eigenvalue weighted by Crippen LogP contribution is 2.22. The average Bonchev–Trinajstić information content (AvgIpc) is 2.42. The van der Waals surface area contributed by atoms with Crippen molar-refractivity contribution < 1.29 is 9.53 Å². The maximum absolute atomic E-state index is 12.4. The minimum atomic E-state index is 0.0202. The third-order valence-electron chi connectivity index (χ3n) is 3.33. The fourth-order valence-corrected chi connectivity index (χ4v) is 2.29. The van der Waals surface area contributed by atoms with Gasteiger partial charge in [-0.15, -0.1) is 0 Å². The lowest BCUT2D eigenvalue weighted by atomic mass is 10.1. The predicted octanol–water partition coefficient (Wildman–Crippen LogP) is 2.05. The van der Waals surface area contributed by atoms with E-state index in [4.69, 9.17) is 4.74 Å². The maximum atomic E-state index is 12.4. The van der Waals surface area contributed by atoms with Crippen LogP contribution in [0.15, 0.2) is 24.3 Å². The van der Waals surface area contributed by atoms with Gasteiger partial charge in [0.2, 0.25) is 5.91 Å². The number of ether oxygens (including phenoxy) is 1. The first kappa shape index (κ1) is 13.9. The Labute approximate surface area is 114 Å². The Morgan fingerprint density at radius 2 is 2.11 bits per heavy atom. The minimum Gasteiger partial charge on any atom is -0.494 e. The highest BCUT2D eigenvalue weighted by Gasteiger charge is 2.23. The molecule has 1 atom stereocenters. The molecule has 0 bridgehead atoms. The number of amides is 1. The second-order valence-electron chi connectivity index (χ2n) is 4.88. The van der Waals surface area contributed by atoms with Gasteiger partial charge in [0.05, 0.1) is 6.61 Å². The van der Waals surface area contributed by atoms with Crippen molar-refractivity contribution in [1.29, 1.82) is 0 Å². The van der Waals surface area contributed by atoms with Crippen molar-refractivity contribution in [3.63, 3.8) is 0 Å². The summed E-state index contributed by atoms with van der Waals surface area (Å²) in [5.41, 5.74) is 0.960. The van der Waals surface area contributed by atoms with Gasteiger partial charge in [0.15, 0.2) is 0 Å². The van der Waals surface area contributed by atoms with Crippen LogP contribution in [0.2, 0.25) is 0 Å². The zero-order valence-corrected chi connectivity index (χ0v) is 11.7. The molecule has 104 valence electrons. The fraction of sp³-hybridized carbons (Fsp3) is 0.533. The number of hydrogen-bond acceptors (Lipinski definition) is 3. The number of nitrogens with zero attached hydrogens (tertiary/aromatic N) is 1. The monoisotopic (exact) mass is 262 g/mol. The van der Waals surface area contributed by atoms with E-state index in [1.165, 1.54) is 0 Å². The van der Waals surface area contributed by atoms with Crippen LogP contribution in [0.4, 0.5) is 5.69 Å². The Bertz CT molecular complexity index is 417. The van der Waals surface area contributed by atoms with Crippen LogP contribution in [0.3, 0.4) is 0 Å². The van der Waals surface area contributed by atoms with Crippen LogP contribution in [0.25, 0.3) is 0 Å². The molecule has 0 radical (unpaired) electrons. The zero-order chi connectivity index (χ0) is 13.7. The molecule has 0 aliphatic carbocycles. The molecular formula is C15H22N2O2. The van der Waals surface area contributed by atoms with Crippen molar-refractivity contribution in [2.45, 2.75) is 20.3 Å². The Hall–Kier alpha value is -1.55. The molecule has 1 aromatic carbocycles. The van der Waals surface area contributed by atoms with Gasteiger partial charge in [-0.05, 0) is 44.2 Å². The summed E-state index contributed by atoms with van der Waals surface area (Å²) in [6.07, 6.45) is 0.978. The summed E-state index contributed by atoms with van der Waals surface area (Å²) in [4.78, 5) is 14.3. The minimum absolute atomic E-state index is 0.0202. The van der Waals surface area contributed by atoms with Crippen molar-refractivity contribution in [2.75, 3.05) is 31.1 Å². The molecule has 19 heavy (non-hydrogen) atoms. The van der Waals surface area contributed by atoms with E-state index in [-0.39, 0.29) is 11.8 Å². The standard InChI is InChI=1S/C15H22N2O2/c1-3-19-14-7-5-13(6-8-14)17-10-4-9-16-11-12(2)15(17)18/h5-8,12,16H,3-4,9-11H2,1-2H3. The van der Waals surface area contributed by atoms with Crippen molar-refractivity contribution in [3.05, 3.63) is 24.3 Å². The highest BCUT2D eigenvalue weighted by atomic mass is 16.5. The Morgan fingerprint density at radius 3 is 2.79 bits per heavy atom. The number of nitrogens with one attached hydrogen (secondary N) is 1. The van der Waals surface area contributed by atoms with Crippen molar-refractivity contribution in [3.8, 4) is 5.75 Å². The SMILES string of the molecule is CCOc1ccc(N2CCCNCC(C)C2=O)cc1. The Kier molecular flexibility index (Phi) is 4.80. The van der Waals surface area contributed by atoms with Crippen LogP contribution in [-0.2, 0) is 4.79 Å². The van der Waals surface area contributed by atoms with Gasteiger partial charge in [0.1, 0.15) is 5.75 Å². The fourth-order valence-electron chi connectivity index (χ4n) is 2.29. The quantitative estimate of drug-likeness (QED) is 0.906. The molecule has 2 rings (SSSR count). The first-order chi connectivity index (χ1) is 9.22. The molecule has 1 aliphatic heterocycles. The number of anilines is 1. The van der Waals surface area contributed by atoms with Gasteiger partial charge in [0.25, 0.3) is 0 Å². The van der Waals surface area contributed by atoms with E-state index in [2.05, 4.69) is 5.32 Å². The smallest absolute Gasteiger partial charge is 0.231 e. The molecule has 0 aromatic heterocycles. The van der Waals surface area contributed by atoms with E-state index in [1.54, 1.807) is 0 Å². The summed E-state index contributed by atoms with van der Waals surface area (Å²) >= 11 is 0. The second kappa shape index (κ2) is 6.57. The maximum Gasteiger partial charge on any atom is 0.231 e. The van der Waals surface area contributed by atoms with Crippen LogP contribution in [-0.4, -0.2) is 32.1 Å². The van der Waals surface area contributed by atoms with E-state index in [9.17, 15) is 4.79 Å². The molecule has 4 heteroatoms. The van der Waals surface area contributed by atoms with Gasteiger partial charge in [-0.25, -0.2) is 0 Å². The van der Waals surface area contributed by atoms with Crippen LogP contribution in [0, 0.1) is 5.92 Å². The number of carbonyl (C=O) groups excluding carboxylic acids is 1. The summed E-state index contributed by atoms with van der Waals surface area (Å²) < 4.78 is 5.43. The van der Waals surface area contributed by atoms with Crippen LogP contribution < -0.4 is 15.0 Å². The summed E-state index contributed by atoms with van der Waals surface area (Å²) in [6, 6.07) is 7.77. The lowest BCUT2D eigenvalue weighted by Gasteiger charge is -2.28. The second-order valence-corrected chi connectivity index (χ2v) is 4.88. The number of carbonyl (C=O) groups is 1. The Balaban J connectivity index is 2.14. The van der Waals surface area contributed by atoms with E-state index in [0.29, 0.717) is 6.61 Å². The molecule has 1 N–H and O–H groups in total. The Morgan fingerprint density at radius 1 is 1.37 bits per heavy atom. The molecule has 1 aliphatic rings. The first-order valence-corrected chi connectivity index (χ1v) is 6.97. The number of rotatable bonds is 3. The third kappa shape index (κ3) is 3.47. The predicted molar refractivity (Wildman–Crippen MR) is 76.6 cm³/mol.